The van der Waals surface area contributed by atoms with Crippen molar-refractivity contribution < 1.29 is 8.42 Å². The SMILES string of the molecule is Cc1ccc(S(=O)(=O)NCC2CCN(C(C)C)CC2)c(C)c1. The van der Waals surface area contributed by atoms with E-state index in [1.165, 1.54) is 0 Å². The Hall–Kier alpha value is -0.910. The molecule has 0 spiro atoms. The molecule has 0 aromatic heterocycles. The molecule has 2 rings (SSSR count). The molecule has 1 aromatic carbocycles. The van der Waals surface area contributed by atoms with Gasteiger partial charge in [-0.05, 0) is 71.2 Å². The molecule has 1 saturated heterocycles. The summed E-state index contributed by atoms with van der Waals surface area (Å²) in [6, 6.07) is 6.04. The van der Waals surface area contributed by atoms with Crippen LogP contribution in [0.15, 0.2) is 23.1 Å². The summed E-state index contributed by atoms with van der Waals surface area (Å²) in [5, 5.41) is 0. The summed E-state index contributed by atoms with van der Waals surface area (Å²) in [6.07, 6.45) is 2.13. The summed E-state index contributed by atoms with van der Waals surface area (Å²) in [5.41, 5.74) is 1.89. The minimum atomic E-state index is -3.40. The van der Waals surface area contributed by atoms with Crippen molar-refractivity contribution in [2.24, 2.45) is 5.92 Å². The van der Waals surface area contributed by atoms with Crippen LogP contribution in [0.2, 0.25) is 0 Å². The van der Waals surface area contributed by atoms with Crippen molar-refractivity contribution in [2.75, 3.05) is 19.6 Å². The van der Waals surface area contributed by atoms with Gasteiger partial charge in [0.15, 0.2) is 0 Å². The molecule has 124 valence electrons. The van der Waals surface area contributed by atoms with Crippen LogP contribution < -0.4 is 4.72 Å². The van der Waals surface area contributed by atoms with Crippen molar-refractivity contribution in [1.29, 1.82) is 0 Å². The molecule has 1 N–H and O–H groups in total. The highest BCUT2D eigenvalue weighted by atomic mass is 32.2. The third kappa shape index (κ3) is 4.31. The van der Waals surface area contributed by atoms with Crippen molar-refractivity contribution in [3.05, 3.63) is 29.3 Å². The average molecular weight is 324 g/mol. The summed E-state index contributed by atoms with van der Waals surface area (Å²) in [5.74, 6) is 0.440. The summed E-state index contributed by atoms with van der Waals surface area (Å²) in [6.45, 7) is 10.9. The van der Waals surface area contributed by atoms with Gasteiger partial charge in [0.1, 0.15) is 0 Å². The highest BCUT2D eigenvalue weighted by molar-refractivity contribution is 7.89. The standard InChI is InChI=1S/C17H28N2O2S/c1-13(2)19-9-7-16(8-10-19)12-18-22(20,21)17-6-5-14(3)11-15(17)4/h5-6,11,13,16,18H,7-10,12H2,1-4H3. The number of rotatable bonds is 5. The van der Waals surface area contributed by atoms with Crippen LogP contribution in [-0.2, 0) is 10.0 Å². The second-order valence-corrected chi connectivity index (χ2v) is 8.43. The van der Waals surface area contributed by atoms with Gasteiger partial charge in [-0.25, -0.2) is 13.1 Å². The van der Waals surface area contributed by atoms with E-state index in [1.54, 1.807) is 6.07 Å². The maximum atomic E-state index is 12.5. The number of nitrogens with one attached hydrogen (secondary N) is 1. The largest absolute Gasteiger partial charge is 0.301 e. The average Bonchev–Trinajstić information content (AvgIpc) is 2.45. The van der Waals surface area contributed by atoms with Crippen LogP contribution in [0.25, 0.3) is 0 Å². The molecule has 0 unspecified atom stereocenters. The van der Waals surface area contributed by atoms with Crippen LogP contribution in [0.1, 0.15) is 37.8 Å². The van der Waals surface area contributed by atoms with Crippen LogP contribution in [0, 0.1) is 19.8 Å². The number of nitrogens with zero attached hydrogens (tertiary/aromatic N) is 1. The highest BCUT2D eigenvalue weighted by Crippen LogP contribution is 2.20. The molecule has 5 heteroatoms. The van der Waals surface area contributed by atoms with E-state index in [9.17, 15) is 8.42 Å². The van der Waals surface area contributed by atoms with E-state index in [4.69, 9.17) is 0 Å². The Labute approximate surface area is 135 Å². The first-order chi connectivity index (χ1) is 10.3. The lowest BCUT2D eigenvalue weighted by molar-refractivity contribution is 0.151. The van der Waals surface area contributed by atoms with Gasteiger partial charge in [0.25, 0.3) is 0 Å². The Bertz CT molecular complexity index is 603. The Kier molecular flexibility index (Phi) is 5.64. The van der Waals surface area contributed by atoms with E-state index in [2.05, 4.69) is 23.5 Å². The number of benzene rings is 1. The van der Waals surface area contributed by atoms with Crippen molar-refractivity contribution in [3.63, 3.8) is 0 Å². The lowest BCUT2D eigenvalue weighted by Gasteiger charge is -2.34. The number of piperidine rings is 1. The van der Waals surface area contributed by atoms with Gasteiger partial charge in [-0.1, -0.05) is 17.7 Å². The van der Waals surface area contributed by atoms with E-state index in [1.807, 2.05) is 26.0 Å². The molecule has 22 heavy (non-hydrogen) atoms. The first-order valence-corrected chi connectivity index (χ1v) is 9.59. The van der Waals surface area contributed by atoms with Crippen molar-refractivity contribution in [3.8, 4) is 0 Å². The van der Waals surface area contributed by atoms with Crippen LogP contribution in [0.3, 0.4) is 0 Å². The Morgan fingerprint density at radius 1 is 1.23 bits per heavy atom. The molecule has 0 aliphatic carbocycles. The fourth-order valence-corrected chi connectivity index (χ4v) is 4.42. The lowest BCUT2D eigenvalue weighted by atomic mass is 9.96. The third-order valence-corrected chi connectivity index (χ3v) is 6.15. The second-order valence-electron chi connectivity index (χ2n) is 6.69. The predicted octanol–water partition coefficient (Wildman–Crippen LogP) is 2.70. The van der Waals surface area contributed by atoms with Crippen molar-refractivity contribution in [1.82, 2.24) is 9.62 Å². The molecule has 4 nitrogen and oxygen atoms in total. The molecule has 1 aliphatic heterocycles. The fourth-order valence-electron chi connectivity index (χ4n) is 3.08. The number of hydrogen-bond donors (Lipinski definition) is 1. The zero-order valence-corrected chi connectivity index (χ0v) is 14.9. The maximum absolute atomic E-state index is 12.5. The molecule has 1 heterocycles. The minimum Gasteiger partial charge on any atom is -0.301 e. The predicted molar refractivity (Wildman–Crippen MR) is 90.5 cm³/mol. The number of aryl methyl sites for hydroxylation is 2. The molecule has 0 amide bonds. The van der Waals surface area contributed by atoms with Gasteiger partial charge in [0.05, 0.1) is 4.90 Å². The van der Waals surface area contributed by atoms with Gasteiger partial charge in [0, 0.05) is 12.6 Å². The van der Waals surface area contributed by atoms with Crippen LogP contribution in [-0.4, -0.2) is 39.0 Å². The maximum Gasteiger partial charge on any atom is 0.240 e. The summed E-state index contributed by atoms with van der Waals surface area (Å²) in [4.78, 5) is 2.85. The van der Waals surface area contributed by atoms with Gasteiger partial charge in [-0.2, -0.15) is 0 Å². The number of likely N-dealkylation sites (tertiary alicyclic amines) is 1. The van der Waals surface area contributed by atoms with E-state index >= 15 is 0 Å². The molecule has 1 aliphatic rings. The van der Waals surface area contributed by atoms with Crippen molar-refractivity contribution in [2.45, 2.75) is 51.5 Å². The Morgan fingerprint density at radius 3 is 2.41 bits per heavy atom. The molecule has 0 bridgehead atoms. The van der Waals surface area contributed by atoms with Crippen LogP contribution in [0.5, 0.6) is 0 Å². The Balaban J connectivity index is 1.93. The normalized spacial score (nSPS) is 18.0. The number of hydrogen-bond acceptors (Lipinski definition) is 3. The molecule has 0 saturated carbocycles. The molecular formula is C17H28N2O2S. The quantitative estimate of drug-likeness (QED) is 0.906. The Morgan fingerprint density at radius 2 is 1.86 bits per heavy atom. The topological polar surface area (TPSA) is 49.4 Å². The zero-order valence-electron chi connectivity index (χ0n) is 14.1. The highest BCUT2D eigenvalue weighted by Gasteiger charge is 2.23. The summed E-state index contributed by atoms with van der Waals surface area (Å²) in [7, 11) is -3.40. The van der Waals surface area contributed by atoms with Crippen molar-refractivity contribution >= 4 is 10.0 Å². The fraction of sp³-hybridized carbons (Fsp3) is 0.647. The molecule has 0 radical (unpaired) electrons. The first kappa shape index (κ1) is 17.4. The smallest absolute Gasteiger partial charge is 0.240 e. The van der Waals surface area contributed by atoms with Crippen LogP contribution >= 0.6 is 0 Å². The van der Waals surface area contributed by atoms with E-state index in [0.717, 1.165) is 37.1 Å². The van der Waals surface area contributed by atoms with Gasteiger partial charge in [-0.3, -0.25) is 0 Å². The molecular weight excluding hydrogens is 296 g/mol. The summed E-state index contributed by atoms with van der Waals surface area (Å²) >= 11 is 0. The first-order valence-electron chi connectivity index (χ1n) is 8.10. The molecule has 0 atom stereocenters. The van der Waals surface area contributed by atoms with E-state index in [0.29, 0.717) is 23.4 Å². The number of sulfonamides is 1. The summed E-state index contributed by atoms with van der Waals surface area (Å²) < 4.78 is 27.7. The zero-order chi connectivity index (χ0) is 16.3. The second kappa shape index (κ2) is 7.11. The van der Waals surface area contributed by atoms with Gasteiger partial charge >= 0.3 is 0 Å². The van der Waals surface area contributed by atoms with Gasteiger partial charge in [-0.15, -0.1) is 0 Å². The monoisotopic (exact) mass is 324 g/mol. The van der Waals surface area contributed by atoms with Gasteiger partial charge in [0.2, 0.25) is 10.0 Å². The minimum absolute atomic E-state index is 0.401. The lowest BCUT2D eigenvalue weighted by Crippen LogP contribution is -2.41. The molecule has 1 aromatic rings. The van der Waals surface area contributed by atoms with Crippen LogP contribution in [0.4, 0.5) is 0 Å². The van der Waals surface area contributed by atoms with Gasteiger partial charge < -0.3 is 4.90 Å². The van der Waals surface area contributed by atoms with E-state index < -0.39 is 10.0 Å². The van der Waals surface area contributed by atoms with E-state index in [-0.39, 0.29) is 0 Å². The molecule has 1 fully saturated rings. The third-order valence-electron chi connectivity index (χ3n) is 4.56.